The summed E-state index contributed by atoms with van der Waals surface area (Å²) in [4.78, 5) is 38.1. The van der Waals surface area contributed by atoms with Gasteiger partial charge in [-0.3, -0.25) is 14.4 Å². The number of aryl methyl sites for hydroxylation is 2. The lowest BCUT2D eigenvalue weighted by Gasteiger charge is -2.12. The van der Waals surface area contributed by atoms with Crippen LogP contribution in [-0.4, -0.2) is 33.2 Å². The molecule has 0 saturated carbocycles. The van der Waals surface area contributed by atoms with Crippen molar-refractivity contribution in [3.63, 3.8) is 0 Å². The van der Waals surface area contributed by atoms with E-state index in [1.165, 1.54) is 19.4 Å². The summed E-state index contributed by atoms with van der Waals surface area (Å²) in [5.74, 6) is -1.05. The Kier molecular flexibility index (Phi) is 6.98. The molecular weight excluding hydrogens is 430 g/mol. The molecule has 0 spiro atoms. The minimum Gasteiger partial charge on any atom is -0.355 e. The van der Waals surface area contributed by atoms with Crippen LogP contribution < -0.4 is 16.1 Å². The van der Waals surface area contributed by atoms with Gasteiger partial charge in [0.05, 0.1) is 5.69 Å². The topological polar surface area (TPSA) is 98.0 Å². The second-order valence-electron chi connectivity index (χ2n) is 7.77. The Labute approximate surface area is 196 Å². The van der Waals surface area contributed by atoms with Crippen molar-refractivity contribution in [1.82, 2.24) is 25.0 Å². The monoisotopic (exact) mass is 455 g/mol. The van der Waals surface area contributed by atoms with E-state index in [2.05, 4.69) is 15.7 Å². The van der Waals surface area contributed by atoms with Gasteiger partial charge in [0.25, 0.3) is 11.8 Å². The molecule has 0 aliphatic carbocycles. The fourth-order valence-electron chi connectivity index (χ4n) is 3.59. The number of nitrogens with one attached hydrogen (secondary N) is 2. The van der Waals surface area contributed by atoms with Crippen LogP contribution in [0.2, 0.25) is 0 Å². The number of nitrogens with zero attached hydrogens (tertiary/aromatic N) is 3. The van der Waals surface area contributed by atoms with Crippen LogP contribution in [-0.2, 0) is 19.5 Å². The van der Waals surface area contributed by atoms with Crippen molar-refractivity contribution in [1.29, 1.82) is 0 Å². The van der Waals surface area contributed by atoms with Gasteiger partial charge in [-0.05, 0) is 35.7 Å². The maximum absolute atomic E-state index is 12.9. The van der Waals surface area contributed by atoms with Gasteiger partial charge in [0.15, 0.2) is 0 Å². The number of amides is 2. The number of pyridine rings is 1. The zero-order valence-corrected chi connectivity index (χ0v) is 18.8. The highest BCUT2D eigenvalue weighted by Gasteiger charge is 2.18. The molecule has 2 heterocycles. The zero-order chi connectivity index (χ0) is 23.9. The highest BCUT2D eigenvalue weighted by Crippen LogP contribution is 2.09. The smallest absolute Gasteiger partial charge is 0.257 e. The average molecular weight is 456 g/mol. The van der Waals surface area contributed by atoms with Crippen LogP contribution in [0.3, 0.4) is 0 Å². The van der Waals surface area contributed by atoms with E-state index in [-0.39, 0.29) is 17.7 Å². The highest BCUT2D eigenvalue weighted by atomic mass is 16.2. The van der Waals surface area contributed by atoms with E-state index in [0.29, 0.717) is 13.0 Å². The Morgan fingerprint density at radius 1 is 0.882 bits per heavy atom. The van der Waals surface area contributed by atoms with E-state index in [0.717, 1.165) is 16.8 Å². The molecule has 2 amide bonds. The summed E-state index contributed by atoms with van der Waals surface area (Å²) in [7, 11) is 1.45. The van der Waals surface area contributed by atoms with Gasteiger partial charge in [-0.25, -0.2) is 4.68 Å². The molecule has 0 unspecified atom stereocenters. The molecule has 172 valence electrons. The molecule has 4 aromatic rings. The van der Waals surface area contributed by atoms with E-state index in [4.69, 9.17) is 0 Å². The Bertz CT molecular complexity index is 1330. The zero-order valence-electron chi connectivity index (χ0n) is 18.8. The van der Waals surface area contributed by atoms with Crippen molar-refractivity contribution in [2.45, 2.75) is 19.5 Å². The Morgan fingerprint density at radius 2 is 1.59 bits per heavy atom. The molecule has 34 heavy (non-hydrogen) atoms. The van der Waals surface area contributed by atoms with E-state index in [1.54, 1.807) is 15.4 Å². The van der Waals surface area contributed by atoms with Gasteiger partial charge in [-0.15, -0.1) is 0 Å². The predicted octanol–water partition coefficient (Wildman–Crippen LogP) is 2.57. The van der Waals surface area contributed by atoms with E-state index >= 15 is 0 Å². The minimum absolute atomic E-state index is 0.0632. The third kappa shape index (κ3) is 5.29. The van der Waals surface area contributed by atoms with Gasteiger partial charge in [0.1, 0.15) is 11.1 Å². The molecule has 0 atom stereocenters. The first-order chi connectivity index (χ1) is 16.5. The molecule has 0 aliphatic heterocycles. The molecular formula is C26H25N5O3. The largest absolute Gasteiger partial charge is 0.355 e. The molecule has 0 fully saturated rings. The van der Waals surface area contributed by atoms with Crippen LogP contribution in [0.1, 0.15) is 31.8 Å². The van der Waals surface area contributed by atoms with Gasteiger partial charge in [-0.1, -0.05) is 42.5 Å². The Morgan fingerprint density at radius 3 is 2.24 bits per heavy atom. The number of carbonyl (C=O) groups is 2. The summed E-state index contributed by atoms with van der Waals surface area (Å²) in [6, 6.07) is 19.3. The van der Waals surface area contributed by atoms with Crippen LogP contribution in [0.5, 0.6) is 0 Å². The fraction of sp³-hybridized carbons (Fsp3) is 0.154. The van der Waals surface area contributed by atoms with Crippen molar-refractivity contribution in [2.75, 3.05) is 7.05 Å². The normalized spacial score (nSPS) is 10.6. The van der Waals surface area contributed by atoms with Gasteiger partial charge >= 0.3 is 0 Å². The number of rotatable bonds is 8. The predicted molar refractivity (Wildman–Crippen MR) is 129 cm³/mol. The Hall–Kier alpha value is -4.46. The molecule has 8 nitrogen and oxygen atoms in total. The summed E-state index contributed by atoms with van der Waals surface area (Å²) in [5, 5.41) is 9.45. The van der Waals surface area contributed by atoms with Crippen LogP contribution >= 0.6 is 0 Å². The summed E-state index contributed by atoms with van der Waals surface area (Å²) < 4.78 is 3.46. The van der Waals surface area contributed by atoms with Gasteiger partial charge in [0.2, 0.25) is 5.43 Å². The number of benzene rings is 2. The first-order valence-electron chi connectivity index (χ1n) is 10.9. The Balaban J connectivity index is 1.51. The number of aromatic nitrogens is 3. The van der Waals surface area contributed by atoms with Crippen molar-refractivity contribution in [3.8, 4) is 5.69 Å². The van der Waals surface area contributed by atoms with E-state index in [1.807, 2.05) is 66.9 Å². The maximum atomic E-state index is 12.9. The number of hydrogen-bond acceptors (Lipinski definition) is 4. The molecule has 2 N–H and O–H groups in total. The van der Waals surface area contributed by atoms with Crippen LogP contribution in [0.15, 0.2) is 90.2 Å². The van der Waals surface area contributed by atoms with Gasteiger partial charge in [-0.2, -0.15) is 5.10 Å². The van der Waals surface area contributed by atoms with Crippen molar-refractivity contribution in [3.05, 3.63) is 118 Å². The lowest BCUT2D eigenvalue weighted by molar-refractivity contribution is 0.0949. The molecule has 8 heteroatoms. The van der Waals surface area contributed by atoms with Crippen LogP contribution in [0, 0.1) is 0 Å². The summed E-state index contributed by atoms with van der Waals surface area (Å²) >= 11 is 0. The van der Waals surface area contributed by atoms with E-state index in [9.17, 15) is 14.4 Å². The van der Waals surface area contributed by atoms with Crippen molar-refractivity contribution in [2.24, 2.45) is 0 Å². The lowest BCUT2D eigenvalue weighted by atomic mass is 10.1. The lowest BCUT2D eigenvalue weighted by Crippen LogP contribution is -2.34. The standard InChI is InChI=1S/C26H25N5O3/c1-27-25(33)22-17-30(15-12-19-6-3-2-4-7-19)18-23(24(22)32)26(34)28-16-20-8-10-21(11-9-20)31-14-5-13-29-31/h2-11,13-14,17-18H,12,15-16H2,1H3,(H,27,33)(H,28,34). The maximum Gasteiger partial charge on any atom is 0.257 e. The number of hydrogen-bond donors (Lipinski definition) is 2. The third-order valence-electron chi connectivity index (χ3n) is 5.46. The number of carbonyl (C=O) groups excluding carboxylic acids is 2. The molecule has 2 aromatic carbocycles. The average Bonchev–Trinajstić information content (AvgIpc) is 3.42. The van der Waals surface area contributed by atoms with Crippen LogP contribution in [0.4, 0.5) is 0 Å². The summed E-state index contributed by atoms with van der Waals surface area (Å²) in [6.45, 7) is 0.759. The first kappa shape index (κ1) is 22.7. The molecule has 0 bridgehead atoms. The van der Waals surface area contributed by atoms with Crippen molar-refractivity contribution >= 4 is 11.8 Å². The fourth-order valence-corrected chi connectivity index (χ4v) is 3.59. The SMILES string of the molecule is CNC(=O)c1cn(CCc2ccccc2)cc(C(=O)NCc2ccc(-n3cccn3)cc2)c1=O. The van der Waals surface area contributed by atoms with Crippen LogP contribution in [0.25, 0.3) is 5.69 Å². The third-order valence-corrected chi connectivity index (χ3v) is 5.46. The molecule has 0 saturated heterocycles. The first-order valence-corrected chi connectivity index (χ1v) is 10.9. The quantitative estimate of drug-likeness (QED) is 0.427. The molecule has 2 aromatic heterocycles. The summed E-state index contributed by atoms with van der Waals surface area (Å²) in [5.41, 5.74) is 2.17. The second-order valence-corrected chi connectivity index (χ2v) is 7.77. The highest BCUT2D eigenvalue weighted by molar-refractivity contribution is 5.99. The minimum atomic E-state index is -0.596. The molecule has 4 rings (SSSR count). The van der Waals surface area contributed by atoms with Crippen molar-refractivity contribution < 1.29 is 9.59 Å². The summed E-state index contributed by atoms with van der Waals surface area (Å²) in [6.07, 6.45) is 7.25. The molecule has 0 radical (unpaired) electrons. The van der Waals surface area contributed by atoms with Gasteiger partial charge < -0.3 is 15.2 Å². The second kappa shape index (κ2) is 10.4. The van der Waals surface area contributed by atoms with Gasteiger partial charge in [0, 0.05) is 44.9 Å². The molecule has 0 aliphatic rings. The van der Waals surface area contributed by atoms with E-state index < -0.39 is 17.2 Å².